The third-order valence-electron chi connectivity index (χ3n) is 5.06. The molecule has 1 heterocycles. The molecule has 9 heteroatoms. The summed E-state index contributed by atoms with van der Waals surface area (Å²) in [6.07, 6.45) is -0.00276. The number of methoxy groups -OCH3 is 2. The van der Waals surface area contributed by atoms with E-state index in [2.05, 4.69) is 5.32 Å². The van der Waals surface area contributed by atoms with Crippen molar-refractivity contribution >= 4 is 29.1 Å². The maximum Gasteiger partial charge on any atom is 0.248 e. The second kappa shape index (κ2) is 8.40. The fourth-order valence-electron chi connectivity index (χ4n) is 3.31. The molecule has 8 nitrogen and oxygen atoms in total. The summed E-state index contributed by atoms with van der Waals surface area (Å²) in [6, 6.07) is 7.38. The number of carbonyl (C=O) groups excluding carboxylic acids is 3. The number of amides is 3. The van der Waals surface area contributed by atoms with Crippen molar-refractivity contribution in [2.45, 2.75) is 13.3 Å². The van der Waals surface area contributed by atoms with Crippen LogP contribution >= 0.6 is 0 Å². The predicted octanol–water partition coefficient (Wildman–Crippen LogP) is 2.24. The molecule has 3 amide bonds. The average Bonchev–Trinajstić information content (AvgIpc) is 3.12. The van der Waals surface area contributed by atoms with Crippen LogP contribution in [-0.2, 0) is 9.59 Å². The van der Waals surface area contributed by atoms with E-state index in [1.165, 1.54) is 32.1 Å². The van der Waals surface area contributed by atoms with Crippen LogP contribution in [0.5, 0.6) is 11.5 Å². The molecule has 1 unspecified atom stereocenters. The number of nitrogens with one attached hydrogen (secondary N) is 1. The second-order valence-corrected chi connectivity index (χ2v) is 6.93. The molecule has 30 heavy (non-hydrogen) atoms. The third-order valence-corrected chi connectivity index (χ3v) is 5.06. The van der Waals surface area contributed by atoms with Crippen molar-refractivity contribution < 1.29 is 28.2 Å². The number of nitrogens with two attached hydrogens (primary N) is 1. The van der Waals surface area contributed by atoms with Gasteiger partial charge in [-0.3, -0.25) is 14.4 Å². The predicted molar refractivity (Wildman–Crippen MR) is 108 cm³/mol. The third kappa shape index (κ3) is 4.05. The second-order valence-electron chi connectivity index (χ2n) is 6.93. The van der Waals surface area contributed by atoms with Crippen molar-refractivity contribution in [1.82, 2.24) is 0 Å². The molecule has 158 valence electrons. The smallest absolute Gasteiger partial charge is 0.248 e. The minimum absolute atomic E-state index is 0.00276. The maximum atomic E-state index is 14.1. The fraction of sp³-hybridized carbons (Fsp3) is 0.286. The minimum atomic E-state index is -0.805. The van der Waals surface area contributed by atoms with E-state index >= 15 is 0 Å². The first-order valence-electron chi connectivity index (χ1n) is 9.18. The van der Waals surface area contributed by atoms with Crippen LogP contribution in [0, 0.1) is 18.7 Å². The van der Waals surface area contributed by atoms with Gasteiger partial charge in [-0.05, 0) is 31.2 Å². The van der Waals surface area contributed by atoms with Gasteiger partial charge in [0.25, 0.3) is 0 Å². The molecule has 1 saturated heterocycles. The summed E-state index contributed by atoms with van der Waals surface area (Å²) in [6.45, 7) is 1.63. The molecule has 0 aliphatic carbocycles. The van der Waals surface area contributed by atoms with Crippen LogP contribution in [0.15, 0.2) is 30.3 Å². The number of benzene rings is 2. The van der Waals surface area contributed by atoms with Crippen LogP contribution in [0.25, 0.3) is 0 Å². The molecule has 1 aliphatic heterocycles. The number of rotatable bonds is 6. The average molecular weight is 415 g/mol. The Bertz CT molecular complexity index is 1020. The first-order chi connectivity index (χ1) is 14.2. The van der Waals surface area contributed by atoms with Crippen molar-refractivity contribution in [1.29, 1.82) is 0 Å². The molecule has 2 aromatic rings. The highest BCUT2D eigenvalue weighted by Gasteiger charge is 2.35. The minimum Gasteiger partial charge on any atom is -0.493 e. The van der Waals surface area contributed by atoms with Gasteiger partial charge in [0, 0.05) is 41.5 Å². The molecule has 3 rings (SSSR count). The fourth-order valence-corrected chi connectivity index (χ4v) is 3.31. The van der Waals surface area contributed by atoms with E-state index in [1.807, 2.05) is 0 Å². The largest absolute Gasteiger partial charge is 0.493 e. The first-order valence-corrected chi connectivity index (χ1v) is 9.18. The van der Waals surface area contributed by atoms with Crippen LogP contribution in [0.4, 0.5) is 15.8 Å². The lowest BCUT2D eigenvalue weighted by Gasteiger charge is -2.19. The highest BCUT2D eigenvalue weighted by Crippen LogP contribution is 2.34. The lowest BCUT2D eigenvalue weighted by atomic mass is 10.1. The zero-order valence-corrected chi connectivity index (χ0v) is 16.8. The maximum absolute atomic E-state index is 14.1. The van der Waals surface area contributed by atoms with Gasteiger partial charge in [0.1, 0.15) is 5.82 Å². The quantitative estimate of drug-likeness (QED) is 0.752. The molecule has 3 N–H and O–H groups in total. The molecule has 0 radical (unpaired) electrons. The molecule has 2 aromatic carbocycles. The molecular weight excluding hydrogens is 393 g/mol. The van der Waals surface area contributed by atoms with E-state index in [1.54, 1.807) is 18.2 Å². The Morgan fingerprint density at radius 2 is 1.87 bits per heavy atom. The Labute approximate surface area is 172 Å². The van der Waals surface area contributed by atoms with Crippen molar-refractivity contribution in [3.05, 3.63) is 47.3 Å². The molecule has 1 atom stereocenters. The topological polar surface area (TPSA) is 111 Å². The Kier molecular flexibility index (Phi) is 5.91. The van der Waals surface area contributed by atoms with E-state index in [0.717, 1.165) is 6.07 Å². The van der Waals surface area contributed by atoms with Crippen LogP contribution in [-0.4, -0.2) is 38.5 Å². The summed E-state index contributed by atoms with van der Waals surface area (Å²) >= 11 is 0. The zero-order chi connectivity index (χ0) is 22.0. The standard InChI is InChI=1S/C21H22FN3O5/c1-11-15(22)6-12(20(23)27)7-16(11)24-21(28)13-8-19(26)25(10-13)14-4-5-17(29-2)18(9-14)30-3/h4-7,9,13H,8,10H2,1-3H3,(H2,23,27)(H,24,28). The summed E-state index contributed by atoms with van der Waals surface area (Å²) in [5.74, 6) is -1.80. The van der Waals surface area contributed by atoms with Gasteiger partial charge < -0.3 is 25.4 Å². The van der Waals surface area contributed by atoms with Gasteiger partial charge in [0.15, 0.2) is 11.5 Å². The summed E-state index contributed by atoms with van der Waals surface area (Å²) in [7, 11) is 3.00. The van der Waals surface area contributed by atoms with Crippen LogP contribution in [0.3, 0.4) is 0 Å². The highest BCUT2D eigenvalue weighted by atomic mass is 19.1. The normalized spacial score (nSPS) is 15.8. The van der Waals surface area contributed by atoms with E-state index in [0.29, 0.717) is 17.2 Å². The van der Waals surface area contributed by atoms with Gasteiger partial charge in [-0.2, -0.15) is 0 Å². The van der Waals surface area contributed by atoms with Gasteiger partial charge in [-0.15, -0.1) is 0 Å². The molecule has 1 aliphatic rings. The van der Waals surface area contributed by atoms with Crippen molar-refractivity contribution in [2.24, 2.45) is 11.7 Å². The Morgan fingerprint density at radius 1 is 1.17 bits per heavy atom. The number of anilines is 2. The SMILES string of the molecule is COc1ccc(N2CC(C(=O)Nc3cc(C(N)=O)cc(F)c3C)CC2=O)cc1OC. The van der Waals surface area contributed by atoms with E-state index in [4.69, 9.17) is 15.2 Å². The van der Waals surface area contributed by atoms with Crippen molar-refractivity contribution in [3.63, 3.8) is 0 Å². The van der Waals surface area contributed by atoms with Gasteiger partial charge in [0.05, 0.1) is 20.1 Å². The summed E-state index contributed by atoms with van der Waals surface area (Å²) in [4.78, 5) is 38.1. The number of primary amides is 1. The van der Waals surface area contributed by atoms with Crippen LogP contribution in [0.1, 0.15) is 22.3 Å². The zero-order valence-electron chi connectivity index (χ0n) is 16.8. The first kappa shape index (κ1) is 21.1. The lowest BCUT2D eigenvalue weighted by Crippen LogP contribution is -2.28. The lowest BCUT2D eigenvalue weighted by molar-refractivity contribution is -0.122. The van der Waals surface area contributed by atoms with Gasteiger partial charge in [-0.25, -0.2) is 4.39 Å². The van der Waals surface area contributed by atoms with E-state index in [-0.39, 0.29) is 35.7 Å². The number of hydrogen-bond donors (Lipinski definition) is 2. The molecule has 0 saturated carbocycles. The Morgan fingerprint density at radius 3 is 2.50 bits per heavy atom. The van der Waals surface area contributed by atoms with Crippen LogP contribution in [0.2, 0.25) is 0 Å². The highest BCUT2D eigenvalue weighted by molar-refractivity contribution is 6.04. The van der Waals surface area contributed by atoms with Gasteiger partial charge in [0.2, 0.25) is 17.7 Å². The summed E-state index contributed by atoms with van der Waals surface area (Å²) in [5, 5.41) is 2.61. The number of hydrogen-bond acceptors (Lipinski definition) is 5. The van der Waals surface area contributed by atoms with E-state index < -0.39 is 23.5 Å². The molecule has 1 fully saturated rings. The Hall–Kier alpha value is -3.62. The van der Waals surface area contributed by atoms with Gasteiger partial charge >= 0.3 is 0 Å². The summed E-state index contributed by atoms with van der Waals surface area (Å²) < 4.78 is 24.5. The van der Waals surface area contributed by atoms with Gasteiger partial charge in [-0.1, -0.05) is 0 Å². The summed E-state index contributed by atoms with van der Waals surface area (Å²) in [5.41, 5.74) is 6.05. The number of halogens is 1. The number of ether oxygens (including phenoxy) is 2. The van der Waals surface area contributed by atoms with Crippen LogP contribution < -0.4 is 25.4 Å². The molecule has 0 aromatic heterocycles. The molecular formula is C21H22FN3O5. The molecule has 0 spiro atoms. The van der Waals surface area contributed by atoms with E-state index in [9.17, 15) is 18.8 Å². The number of nitrogens with zero attached hydrogens (tertiary/aromatic N) is 1. The molecule has 0 bridgehead atoms. The number of carbonyl (C=O) groups is 3. The monoisotopic (exact) mass is 415 g/mol. The Balaban J connectivity index is 1.78. The van der Waals surface area contributed by atoms with Crippen molar-refractivity contribution in [3.8, 4) is 11.5 Å². The van der Waals surface area contributed by atoms with Crippen molar-refractivity contribution in [2.75, 3.05) is 31.0 Å².